The lowest BCUT2D eigenvalue weighted by Crippen LogP contribution is -2.35. The molecule has 0 aromatic heterocycles. The van der Waals surface area contributed by atoms with Gasteiger partial charge in [0.15, 0.2) is 0 Å². The fraction of sp³-hybridized carbons (Fsp3) is 0.417. The molecular weight excluding hydrogens is 289 g/mol. The first-order chi connectivity index (χ1) is 8.10. The molecule has 1 aromatic carbocycles. The van der Waals surface area contributed by atoms with Gasteiger partial charge in [-0.25, -0.2) is 4.39 Å². The summed E-state index contributed by atoms with van der Waals surface area (Å²) in [5, 5.41) is 11.5. The second kappa shape index (κ2) is 6.71. The van der Waals surface area contributed by atoms with Crippen molar-refractivity contribution in [3.05, 3.63) is 34.1 Å². The minimum Gasteiger partial charge on any atom is -0.396 e. The first-order valence-electron chi connectivity index (χ1n) is 5.45. The molecule has 1 amide bonds. The Balaban J connectivity index is 2.82. The van der Waals surface area contributed by atoms with Crippen molar-refractivity contribution in [3.8, 4) is 0 Å². The van der Waals surface area contributed by atoms with E-state index in [1.165, 1.54) is 12.1 Å². The number of carbonyl (C=O) groups excluding carboxylic acids is 1. The second-order valence-electron chi connectivity index (χ2n) is 3.69. The van der Waals surface area contributed by atoms with Crippen LogP contribution in [0.5, 0.6) is 0 Å². The monoisotopic (exact) mass is 303 g/mol. The zero-order valence-corrected chi connectivity index (χ0v) is 11.1. The maximum atomic E-state index is 13.5. The van der Waals surface area contributed by atoms with E-state index >= 15 is 0 Å². The van der Waals surface area contributed by atoms with Crippen molar-refractivity contribution in [2.75, 3.05) is 6.61 Å². The highest BCUT2D eigenvalue weighted by atomic mass is 79.9. The number of hydrogen-bond acceptors (Lipinski definition) is 2. The average molecular weight is 304 g/mol. The topological polar surface area (TPSA) is 49.3 Å². The summed E-state index contributed by atoms with van der Waals surface area (Å²) in [5.74, 6) is -1.02. The van der Waals surface area contributed by atoms with E-state index in [9.17, 15) is 9.18 Å². The van der Waals surface area contributed by atoms with Crippen molar-refractivity contribution >= 4 is 21.8 Å². The van der Waals surface area contributed by atoms with Crippen molar-refractivity contribution in [3.63, 3.8) is 0 Å². The van der Waals surface area contributed by atoms with E-state index < -0.39 is 11.7 Å². The highest BCUT2D eigenvalue weighted by molar-refractivity contribution is 9.10. The maximum Gasteiger partial charge on any atom is 0.255 e. The Hall–Kier alpha value is -0.940. The lowest BCUT2D eigenvalue weighted by Gasteiger charge is -2.16. The molecule has 0 aliphatic rings. The molecule has 0 saturated heterocycles. The third kappa shape index (κ3) is 3.78. The Bertz CT molecular complexity index is 378. The Morgan fingerprint density at radius 1 is 1.59 bits per heavy atom. The maximum absolute atomic E-state index is 13.5. The molecule has 0 bridgehead atoms. The number of rotatable bonds is 5. The molecule has 94 valence electrons. The predicted molar refractivity (Wildman–Crippen MR) is 67.3 cm³/mol. The zero-order chi connectivity index (χ0) is 12.8. The Morgan fingerprint density at radius 3 is 2.82 bits per heavy atom. The van der Waals surface area contributed by atoms with Crippen molar-refractivity contribution in [2.24, 2.45) is 0 Å². The zero-order valence-electron chi connectivity index (χ0n) is 9.54. The van der Waals surface area contributed by atoms with Crippen molar-refractivity contribution in [1.29, 1.82) is 0 Å². The first kappa shape index (κ1) is 14.1. The van der Waals surface area contributed by atoms with Crippen molar-refractivity contribution in [1.82, 2.24) is 5.32 Å². The SMILES string of the molecule is CCC(CCO)NC(=O)c1c(F)cccc1Br. The smallest absolute Gasteiger partial charge is 0.255 e. The van der Waals surface area contributed by atoms with E-state index in [1.54, 1.807) is 6.07 Å². The average Bonchev–Trinajstić information content (AvgIpc) is 2.28. The predicted octanol–water partition coefficient (Wildman–Crippen LogP) is 2.48. The van der Waals surface area contributed by atoms with E-state index in [2.05, 4.69) is 21.2 Å². The first-order valence-corrected chi connectivity index (χ1v) is 6.25. The van der Waals surface area contributed by atoms with Crippen LogP contribution < -0.4 is 5.32 Å². The summed E-state index contributed by atoms with van der Waals surface area (Å²) in [6.45, 7) is 1.90. The van der Waals surface area contributed by atoms with Gasteiger partial charge in [0.05, 0.1) is 5.56 Å². The summed E-state index contributed by atoms with van der Waals surface area (Å²) >= 11 is 3.15. The number of halogens is 2. The van der Waals surface area contributed by atoms with Crippen LogP contribution in [0.2, 0.25) is 0 Å². The van der Waals surface area contributed by atoms with Gasteiger partial charge in [0.1, 0.15) is 5.82 Å². The van der Waals surface area contributed by atoms with E-state index in [0.29, 0.717) is 17.3 Å². The summed E-state index contributed by atoms with van der Waals surface area (Å²) in [7, 11) is 0. The van der Waals surface area contributed by atoms with E-state index in [0.717, 1.165) is 0 Å². The second-order valence-corrected chi connectivity index (χ2v) is 4.54. The van der Waals surface area contributed by atoms with Gasteiger partial charge in [-0.1, -0.05) is 13.0 Å². The molecule has 5 heteroatoms. The Kier molecular flexibility index (Phi) is 5.58. The van der Waals surface area contributed by atoms with Gasteiger partial charge in [-0.3, -0.25) is 4.79 Å². The van der Waals surface area contributed by atoms with E-state index in [4.69, 9.17) is 5.11 Å². The van der Waals surface area contributed by atoms with Gasteiger partial charge in [-0.2, -0.15) is 0 Å². The van der Waals surface area contributed by atoms with Crippen LogP contribution >= 0.6 is 15.9 Å². The molecular formula is C12H15BrFNO2. The van der Waals surface area contributed by atoms with Crippen LogP contribution in [0.25, 0.3) is 0 Å². The van der Waals surface area contributed by atoms with Crippen LogP contribution in [-0.4, -0.2) is 23.7 Å². The molecule has 2 N–H and O–H groups in total. The number of carbonyl (C=O) groups is 1. The molecule has 1 unspecified atom stereocenters. The van der Waals surface area contributed by atoms with Gasteiger partial charge in [-0.15, -0.1) is 0 Å². The van der Waals surface area contributed by atoms with Gasteiger partial charge in [0.2, 0.25) is 0 Å². The Morgan fingerprint density at radius 2 is 2.29 bits per heavy atom. The largest absolute Gasteiger partial charge is 0.396 e. The van der Waals surface area contributed by atoms with Crippen LogP contribution in [0.15, 0.2) is 22.7 Å². The number of nitrogens with one attached hydrogen (secondary N) is 1. The molecule has 1 rings (SSSR count). The number of benzene rings is 1. The number of hydrogen-bond donors (Lipinski definition) is 2. The van der Waals surface area contributed by atoms with Crippen molar-refractivity contribution in [2.45, 2.75) is 25.8 Å². The van der Waals surface area contributed by atoms with Crippen molar-refractivity contribution < 1.29 is 14.3 Å². The molecule has 0 fully saturated rings. The van der Waals surface area contributed by atoms with Crippen LogP contribution in [0.3, 0.4) is 0 Å². The molecule has 1 atom stereocenters. The normalized spacial score (nSPS) is 12.2. The minimum absolute atomic E-state index is 0.00275. The summed E-state index contributed by atoms with van der Waals surface area (Å²) in [6, 6.07) is 4.25. The van der Waals surface area contributed by atoms with Crippen LogP contribution in [-0.2, 0) is 0 Å². The molecule has 17 heavy (non-hydrogen) atoms. The van der Waals surface area contributed by atoms with E-state index in [-0.39, 0.29) is 18.2 Å². The highest BCUT2D eigenvalue weighted by Crippen LogP contribution is 2.19. The highest BCUT2D eigenvalue weighted by Gasteiger charge is 2.17. The summed E-state index contributed by atoms with van der Waals surface area (Å²) in [4.78, 5) is 11.9. The van der Waals surface area contributed by atoms with Gasteiger partial charge in [0.25, 0.3) is 5.91 Å². The van der Waals surface area contributed by atoms with Gasteiger partial charge in [-0.05, 0) is 40.9 Å². The molecule has 0 saturated carbocycles. The summed E-state index contributed by atoms with van der Waals surface area (Å²) in [6.07, 6.45) is 1.16. The lowest BCUT2D eigenvalue weighted by molar-refractivity contribution is 0.0924. The molecule has 3 nitrogen and oxygen atoms in total. The fourth-order valence-corrected chi connectivity index (χ4v) is 2.03. The molecule has 0 spiro atoms. The third-order valence-corrected chi connectivity index (χ3v) is 3.16. The van der Waals surface area contributed by atoms with E-state index in [1.807, 2.05) is 6.92 Å². The quantitative estimate of drug-likeness (QED) is 0.878. The number of aliphatic hydroxyl groups is 1. The minimum atomic E-state index is -0.560. The fourth-order valence-electron chi connectivity index (χ4n) is 1.51. The summed E-state index contributed by atoms with van der Waals surface area (Å²) in [5.41, 5.74) is 0.00360. The lowest BCUT2D eigenvalue weighted by atomic mass is 10.1. The third-order valence-electron chi connectivity index (χ3n) is 2.50. The Labute approximate surface area is 108 Å². The molecule has 0 radical (unpaired) electrons. The van der Waals surface area contributed by atoms with Gasteiger partial charge in [0, 0.05) is 17.1 Å². The number of aliphatic hydroxyl groups excluding tert-OH is 1. The summed E-state index contributed by atoms with van der Waals surface area (Å²) < 4.78 is 13.9. The molecule has 1 aromatic rings. The van der Waals surface area contributed by atoms with Gasteiger partial charge < -0.3 is 10.4 Å². The van der Waals surface area contributed by atoms with Crippen LogP contribution in [0.4, 0.5) is 4.39 Å². The molecule has 0 heterocycles. The number of amides is 1. The van der Waals surface area contributed by atoms with Crippen LogP contribution in [0.1, 0.15) is 30.1 Å². The molecule has 0 aliphatic carbocycles. The van der Waals surface area contributed by atoms with Gasteiger partial charge >= 0.3 is 0 Å². The molecule has 0 aliphatic heterocycles. The van der Waals surface area contributed by atoms with Crippen LogP contribution in [0, 0.1) is 5.82 Å². The standard InChI is InChI=1S/C12H15BrFNO2/c1-2-8(6-7-16)15-12(17)11-9(13)4-3-5-10(11)14/h3-5,8,16H,2,6-7H2,1H3,(H,15,17).